The van der Waals surface area contributed by atoms with Gasteiger partial charge in [0.05, 0.1) is 0 Å². The molecule has 2 heterocycles. The summed E-state index contributed by atoms with van der Waals surface area (Å²) in [7, 11) is 0. The number of carbonyl (C=O) groups is 1. The SMILES string of the molecule is CCC1CCCCN1C(=O)c1cc(C)nc(Nc2c(F)cccc2F)n1. The van der Waals surface area contributed by atoms with Crippen LogP contribution in [0.25, 0.3) is 0 Å². The van der Waals surface area contributed by atoms with Crippen LogP contribution in [0.4, 0.5) is 20.4 Å². The van der Waals surface area contributed by atoms with E-state index < -0.39 is 11.6 Å². The molecule has 7 heteroatoms. The fourth-order valence-corrected chi connectivity index (χ4v) is 3.30. The molecule has 1 aromatic carbocycles. The van der Waals surface area contributed by atoms with Crippen molar-refractivity contribution in [2.45, 2.75) is 45.6 Å². The Hall–Kier alpha value is -2.57. The van der Waals surface area contributed by atoms with Crippen molar-refractivity contribution < 1.29 is 13.6 Å². The monoisotopic (exact) mass is 360 g/mol. The molecule has 1 aromatic heterocycles. The molecule has 2 aromatic rings. The van der Waals surface area contributed by atoms with E-state index in [1.807, 2.05) is 4.90 Å². The van der Waals surface area contributed by atoms with Crippen LogP contribution < -0.4 is 5.32 Å². The van der Waals surface area contributed by atoms with Crippen LogP contribution in [-0.2, 0) is 0 Å². The quantitative estimate of drug-likeness (QED) is 0.887. The summed E-state index contributed by atoms with van der Waals surface area (Å²) in [4.78, 5) is 23.1. The van der Waals surface area contributed by atoms with Gasteiger partial charge in [-0.25, -0.2) is 18.7 Å². The summed E-state index contributed by atoms with van der Waals surface area (Å²) in [5, 5.41) is 2.56. The maximum absolute atomic E-state index is 13.9. The first kappa shape index (κ1) is 18.2. The van der Waals surface area contributed by atoms with Crippen LogP contribution >= 0.6 is 0 Å². The van der Waals surface area contributed by atoms with E-state index in [2.05, 4.69) is 22.2 Å². The summed E-state index contributed by atoms with van der Waals surface area (Å²) in [5.41, 5.74) is 0.450. The number of aryl methyl sites for hydroxylation is 1. The van der Waals surface area contributed by atoms with Crippen molar-refractivity contribution in [3.63, 3.8) is 0 Å². The number of hydrogen-bond acceptors (Lipinski definition) is 4. The average molecular weight is 360 g/mol. The van der Waals surface area contributed by atoms with E-state index >= 15 is 0 Å². The van der Waals surface area contributed by atoms with Crippen molar-refractivity contribution in [2.24, 2.45) is 0 Å². The van der Waals surface area contributed by atoms with Crippen LogP contribution in [0.2, 0.25) is 0 Å². The Balaban J connectivity index is 1.89. The molecule has 1 N–H and O–H groups in total. The predicted octanol–water partition coefficient (Wildman–Crippen LogP) is 4.21. The van der Waals surface area contributed by atoms with E-state index in [1.165, 1.54) is 6.07 Å². The smallest absolute Gasteiger partial charge is 0.272 e. The second kappa shape index (κ2) is 7.76. The van der Waals surface area contributed by atoms with Gasteiger partial charge in [0, 0.05) is 18.3 Å². The zero-order valence-corrected chi connectivity index (χ0v) is 14.9. The summed E-state index contributed by atoms with van der Waals surface area (Å²) in [6.45, 7) is 4.48. The molecule has 1 aliphatic rings. The number of para-hydroxylation sites is 1. The first-order valence-electron chi connectivity index (χ1n) is 8.87. The highest BCUT2D eigenvalue weighted by atomic mass is 19.1. The standard InChI is InChI=1S/C19H22F2N4O/c1-3-13-7-4-5-10-25(13)18(26)16-11-12(2)22-19(23-16)24-17-14(20)8-6-9-15(17)21/h6,8-9,11,13H,3-5,7,10H2,1-2H3,(H,22,23,24). The van der Waals surface area contributed by atoms with Gasteiger partial charge in [0.25, 0.3) is 5.91 Å². The largest absolute Gasteiger partial charge is 0.334 e. The van der Waals surface area contributed by atoms with Crippen LogP contribution in [0.3, 0.4) is 0 Å². The third-order valence-electron chi connectivity index (χ3n) is 4.63. The van der Waals surface area contributed by atoms with Gasteiger partial charge in [0.1, 0.15) is 23.0 Å². The molecule has 138 valence electrons. The number of carbonyl (C=O) groups excluding carboxylic acids is 1. The van der Waals surface area contributed by atoms with E-state index in [1.54, 1.807) is 13.0 Å². The number of nitrogens with zero attached hydrogens (tertiary/aromatic N) is 3. The molecule has 0 radical (unpaired) electrons. The number of anilines is 2. The number of aromatic nitrogens is 2. The zero-order valence-electron chi connectivity index (χ0n) is 14.9. The van der Waals surface area contributed by atoms with Gasteiger partial charge in [-0.05, 0) is 50.8 Å². The van der Waals surface area contributed by atoms with Gasteiger partial charge in [0.15, 0.2) is 0 Å². The van der Waals surface area contributed by atoms with E-state index in [0.717, 1.165) is 37.8 Å². The van der Waals surface area contributed by atoms with Crippen LogP contribution in [0.15, 0.2) is 24.3 Å². The molecule has 0 spiro atoms. The van der Waals surface area contributed by atoms with Crippen LogP contribution in [0, 0.1) is 18.6 Å². The lowest BCUT2D eigenvalue weighted by molar-refractivity contribution is 0.0602. The fourth-order valence-electron chi connectivity index (χ4n) is 3.30. The molecule has 0 aliphatic carbocycles. The molecule has 5 nitrogen and oxygen atoms in total. The predicted molar refractivity (Wildman–Crippen MR) is 95.4 cm³/mol. The number of nitrogens with one attached hydrogen (secondary N) is 1. The fraction of sp³-hybridized carbons (Fsp3) is 0.421. The highest BCUT2D eigenvalue weighted by molar-refractivity contribution is 5.93. The number of halogens is 2. The van der Waals surface area contributed by atoms with Gasteiger partial charge < -0.3 is 10.2 Å². The minimum absolute atomic E-state index is 0.00223. The van der Waals surface area contributed by atoms with Gasteiger partial charge in [0.2, 0.25) is 5.95 Å². The van der Waals surface area contributed by atoms with Crippen LogP contribution in [-0.4, -0.2) is 33.4 Å². The Morgan fingerprint density at radius 1 is 1.27 bits per heavy atom. The molecule has 0 saturated carbocycles. The topological polar surface area (TPSA) is 58.1 Å². The molecule has 3 rings (SSSR count). The second-order valence-electron chi connectivity index (χ2n) is 6.50. The Morgan fingerprint density at radius 2 is 2.00 bits per heavy atom. The zero-order chi connectivity index (χ0) is 18.7. The maximum Gasteiger partial charge on any atom is 0.272 e. The number of rotatable bonds is 4. The lowest BCUT2D eigenvalue weighted by atomic mass is 9.99. The van der Waals surface area contributed by atoms with Gasteiger partial charge in [-0.1, -0.05) is 13.0 Å². The highest BCUT2D eigenvalue weighted by Crippen LogP contribution is 2.24. The number of likely N-dealkylation sites (tertiary alicyclic amines) is 1. The van der Waals surface area contributed by atoms with Gasteiger partial charge in [-0.15, -0.1) is 0 Å². The Kier molecular flexibility index (Phi) is 5.44. The summed E-state index contributed by atoms with van der Waals surface area (Å²) < 4.78 is 27.7. The molecule has 1 aliphatic heterocycles. The van der Waals surface area contributed by atoms with Crippen molar-refractivity contribution in [3.05, 3.63) is 47.3 Å². The van der Waals surface area contributed by atoms with Crippen molar-refractivity contribution in [1.29, 1.82) is 0 Å². The first-order chi connectivity index (χ1) is 12.5. The van der Waals surface area contributed by atoms with Gasteiger partial charge >= 0.3 is 0 Å². The minimum Gasteiger partial charge on any atom is -0.334 e. The van der Waals surface area contributed by atoms with Crippen molar-refractivity contribution in [3.8, 4) is 0 Å². The van der Waals surface area contributed by atoms with Crippen molar-refractivity contribution in [1.82, 2.24) is 14.9 Å². The average Bonchev–Trinajstić information content (AvgIpc) is 2.64. The van der Waals surface area contributed by atoms with Crippen molar-refractivity contribution in [2.75, 3.05) is 11.9 Å². The summed E-state index contributed by atoms with van der Waals surface area (Å²) in [5.74, 6) is -1.66. The summed E-state index contributed by atoms with van der Waals surface area (Å²) in [6, 6.07) is 5.38. The molecule has 1 fully saturated rings. The second-order valence-corrected chi connectivity index (χ2v) is 6.50. The minimum atomic E-state index is -0.745. The van der Waals surface area contributed by atoms with E-state index in [-0.39, 0.29) is 29.3 Å². The van der Waals surface area contributed by atoms with Gasteiger partial charge in [-0.3, -0.25) is 4.79 Å². The summed E-state index contributed by atoms with van der Waals surface area (Å²) in [6.07, 6.45) is 3.96. The highest BCUT2D eigenvalue weighted by Gasteiger charge is 2.27. The molecule has 0 bridgehead atoms. The number of benzene rings is 1. The molecular formula is C19H22F2N4O. The Morgan fingerprint density at radius 3 is 2.69 bits per heavy atom. The van der Waals surface area contributed by atoms with E-state index in [9.17, 15) is 13.6 Å². The van der Waals surface area contributed by atoms with E-state index in [4.69, 9.17) is 0 Å². The third kappa shape index (κ3) is 3.81. The van der Waals surface area contributed by atoms with Gasteiger partial charge in [-0.2, -0.15) is 0 Å². The molecule has 1 atom stereocenters. The van der Waals surface area contributed by atoms with Crippen LogP contribution in [0.5, 0.6) is 0 Å². The summed E-state index contributed by atoms with van der Waals surface area (Å²) >= 11 is 0. The number of amides is 1. The van der Waals surface area contributed by atoms with E-state index in [0.29, 0.717) is 12.2 Å². The lowest BCUT2D eigenvalue weighted by Crippen LogP contribution is -2.43. The molecule has 26 heavy (non-hydrogen) atoms. The molecule has 1 amide bonds. The first-order valence-corrected chi connectivity index (χ1v) is 8.87. The normalized spacial score (nSPS) is 17.2. The molecule has 1 unspecified atom stereocenters. The Bertz CT molecular complexity index is 792. The lowest BCUT2D eigenvalue weighted by Gasteiger charge is -2.35. The Labute approximate surface area is 151 Å². The number of hydrogen-bond donors (Lipinski definition) is 1. The molecule has 1 saturated heterocycles. The maximum atomic E-state index is 13.9. The third-order valence-corrected chi connectivity index (χ3v) is 4.63. The number of piperidine rings is 1. The van der Waals surface area contributed by atoms with Crippen LogP contribution in [0.1, 0.15) is 48.8 Å². The molecular weight excluding hydrogens is 338 g/mol. The van der Waals surface area contributed by atoms with Crippen molar-refractivity contribution >= 4 is 17.5 Å².